The van der Waals surface area contributed by atoms with E-state index in [0.29, 0.717) is 5.02 Å². The van der Waals surface area contributed by atoms with Crippen LogP contribution in [0.1, 0.15) is 10.9 Å². The maximum absolute atomic E-state index is 13.3. The van der Waals surface area contributed by atoms with E-state index in [4.69, 9.17) is 11.6 Å². The molecule has 0 amide bonds. The fourth-order valence-corrected chi connectivity index (χ4v) is 2.56. The van der Waals surface area contributed by atoms with Crippen molar-refractivity contribution < 1.29 is 4.39 Å². The maximum atomic E-state index is 13.3. The quantitative estimate of drug-likeness (QED) is 0.734. The fourth-order valence-electron chi connectivity index (χ4n) is 1.68. The van der Waals surface area contributed by atoms with Crippen LogP contribution in [0.5, 0.6) is 0 Å². The van der Waals surface area contributed by atoms with Crippen LogP contribution in [0.4, 0.5) is 10.1 Å². The molecule has 0 aromatic heterocycles. The predicted molar refractivity (Wildman–Crippen MR) is 82.0 cm³/mol. The second-order valence-electron chi connectivity index (χ2n) is 3.86. The molecule has 0 fully saturated rings. The monoisotopic (exact) mass is 293 g/mol. The minimum absolute atomic E-state index is 0.131. The Bertz CT molecular complexity index is 574. The summed E-state index contributed by atoms with van der Waals surface area (Å²) >= 11 is 7.58. The zero-order valence-corrected chi connectivity index (χ0v) is 11.7. The number of hydrogen-bond acceptors (Lipinski definition) is 2. The Balaban J connectivity index is 2.26. The molecule has 0 radical (unpaired) electrons. The molecular formula is C15H13ClFNS. The Morgan fingerprint density at radius 2 is 2.00 bits per heavy atom. The zero-order chi connectivity index (χ0) is 13.7. The Hall–Kier alpha value is -1.45. The Morgan fingerprint density at radius 3 is 2.68 bits per heavy atom. The molecule has 4 heteroatoms. The molecule has 0 saturated carbocycles. The molecule has 2 aromatic rings. The lowest BCUT2D eigenvalue weighted by molar-refractivity contribution is 0.625. The molecule has 2 rings (SSSR count). The van der Waals surface area contributed by atoms with E-state index in [0.717, 1.165) is 11.3 Å². The van der Waals surface area contributed by atoms with Crippen molar-refractivity contribution in [1.29, 1.82) is 0 Å². The number of nitrogens with one attached hydrogen (secondary N) is 1. The number of thioether (sulfide) groups is 1. The van der Waals surface area contributed by atoms with Crippen molar-refractivity contribution in [2.45, 2.75) is 5.37 Å². The zero-order valence-electron chi connectivity index (χ0n) is 10.1. The lowest BCUT2D eigenvalue weighted by Crippen LogP contribution is -2.07. The van der Waals surface area contributed by atoms with Crippen LogP contribution in [-0.2, 0) is 0 Å². The average molecular weight is 294 g/mol. The molecule has 0 saturated heterocycles. The van der Waals surface area contributed by atoms with E-state index in [-0.39, 0.29) is 11.2 Å². The van der Waals surface area contributed by atoms with E-state index in [1.807, 2.05) is 30.3 Å². The molecule has 1 atom stereocenters. The molecule has 0 aliphatic carbocycles. The van der Waals surface area contributed by atoms with Crippen molar-refractivity contribution in [3.05, 3.63) is 76.9 Å². The summed E-state index contributed by atoms with van der Waals surface area (Å²) in [6.07, 6.45) is 0. The summed E-state index contributed by atoms with van der Waals surface area (Å²) in [7, 11) is 0. The summed E-state index contributed by atoms with van der Waals surface area (Å²) in [5.74, 6) is -0.256. The van der Waals surface area contributed by atoms with Gasteiger partial charge < -0.3 is 5.32 Å². The standard InChI is InChI=1S/C15H13ClFNS/c1-2-19-15(11-6-5-7-12(17)10-11)18-14-9-4-3-8-13(14)16/h2-10,15,18H,1H2. The SMILES string of the molecule is C=CSC(Nc1ccccc1Cl)c1cccc(F)c1. The lowest BCUT2D eigenvalue weighted by atomic mass is 10.2. The van der Waals surface area contributed by atoms with Crippen molar-refractivity contribution in [3.8, 4) is 0 Å². The Labute approximate surface area is 121 Å². The van der Waals surface area contributed by atoms with Gasteiger partial charge in [0, 0.05) is 0 Å². The number of hydrogen-bond donors (Lipinski definition) is 1. The molecule has 0 bridgehead atoms. The molecule has 0 heterocycles. The van der Waals surface area contributed by atoms with Crippen molar-refractivity contribution in [1.82, 2.24) is 0 Å². The van der Waals surface area contributed by atoms with Gasteiger partial charge in [-0.05, 0) is 35.2 Å². The minimum Gasteiger partial charge on any atom is -0.368 e. The molecule has 1 nitrogen and oxygen atoms in total. The first kappa shape index (κ1) is 14.0. The van der Waals surface area contributed by atoms with Crippen LogP contribution in [0.15, 0.2) is 60.5 Å². The minimum atomic E-state index is -0.256. The number of anilines is 1. The summed E-state index contributed by atoms with van der Waals surface area (Å²) in [6, 6.07) is 14.0. The highest BCUT2D eigenvalue weighted by atomic mass is 35.5. The van der Waals surface area contributed by atoms with Crippen LogP contribution in [0, 0.1) is 5.82 Å². The van der Waals surface area contributed by atoms with Crippen molar-refractivity contribution >= 4 is 29.1 Å². The maximum Gasteiger partial charge on any atom is 0.123 e. The molecule has 2 aromatic carbocycles. The highest BCUT2D eigenvalue weighted by molar-refractivity contribution is 8.02. The summed E-state index contributed by atoms with van der Waals surface area (Å²) in [5.41, 5.74) is 1.65. The lowest BCUT2D eigenvalue weighted by Gasteiger charge is -2.19. The second kappa shape index (κ2) is 6.64. The molecule has 0 aliphatic rings. The second-order valence-corrected chi connectivity index (χ2v) is 5.35. The molecule has 0 spiro atoms. The predicted octanol–water partition coefficient (Wildman–Crippen LogP) is 5.47. The van der Waals surface area contributed by atoms with E-state index < -0.39 is 0 Å². The third-order valence-electron chi connectivity index (χ3n) is 2.54. The smallest absolute Gasteiger partial charge is 0.123 e. The molecule has 98 valence electrons. The van der Waals surface area contributed by atoms with Gasteiger partial charge in [0.05, 0.1) is 10.7 Å². The van der Waals surface area contributed by atoms with Gasteiger partial charge in [-0.15, -0.1) is 11.8 Å². The third kappa shape index (κ3) is 3.75. The van der Waals surface area contributed by atoms with E-state index in [1.54, 1.807) is 11.5 Å². The van der Waals surface area contributed by atoms with Crippen LogP contribution < -0.4 is 5.32 Å². The van der Waals surface area contributed by atoms with Gasteiger partial charge in [0.25, 0.3) is 0 Å². The molecule has 19 heavy (non-hydrogen) atoms. The highest BCUT2D eigenvalue weighted by Crippen LogP contribution is 2.33. The first-order chi connectivity index (χ1) is 9.20. The summed E-state index contributed by atoms with van der Waals surface area (Å²) in [5, 5.41) is 5.51. The van der Waals surface area contributed by atoms with Crippen molar-refractivity contribution in [3.63, 3.8) is 0 Å². The highest BCUT2D eigenvalue weighted by Gasteiger charge is 2.12. The van der Waals surface area contributed by atoms with Crippen LogP contribution in [0.25, 0.3) is 0 Å². The normalized spacial score (nSPS) is 11.9. The first-order valence-corrected chi connectivity index (χ1v) is 7.05. The van der Waals surface area contributed by atoms with Gasteiger partial charge in [-0.2, -0.15) is 0 Å². The van der Waals surface area contributed by atoms with Crippen molar-refractivity contribution in [2.24, 2.45) is 0 Å². The van der Waals surface area contributed by atoms with Gasteiger partial charge in [0.15, 0.2) is 0 Å². The van der Waals surface area contributed by atoms with E-state index in [9.17, 15) is 4.39 Å². The van der Waals surface area contributed by atoms with Crippen LogP contribution in [0.2, 0.25) is 5.02 Å². The third-order valence-corrected chi connectivity index (χ3v) is 3.73. The fraction of sp³-hybridized carbons (Fsp3) is 0.0667. The molecule has 1 N–H and O–H groups in total. The molecule has 0 aliphatic heterocycles. The Morgan fingerprint density at radius 1 is 1.21 bits per heavy atom. The van der Waals surface area contributed by atoms with Gasteiger partial charge in [0.1, 0.15) is 11.2 Å². The number of para-hydroxylation sites is 1. The van der Waals surface area contributed by atoms with Gasteiger partial charge in [-0.3, -0.25) is 0 Å². The number of rotatable bonds is 5. The van der Waals surface area contributed by atoms with E-state index >= 15 is 0 Å². The summed E-state index contributed by atoms with van der Waals surface area (Å²) in [4.78, 5) is 0. The van der Waals surface area contributed by atoms with E-state index in [1.165, 1.54) is 23.9 Å². The van der Waals surface area contributed by atoms with Gasteiger partial charge in [-0.25, -0.2) is 4.39 Å². The molecule has 1 unspecified atom stereocenters. The largest absolute Gasteiger partial charge is 0.368 e. The number of halogens is 2. The van der Waals surface area contributed by atoms with Crippen LogP contribution in [-0.4, -0.2) is 0 Å². The number of benzene rings is 2. The Kier molecular flexibility index (Phi) is 4.88. The van der Waals surface area contributed by atoms with Gasteiger partial charge in [-0.1, -0.05) is 42.4 Å². The van der Waals surface area contributed by atoms with Crippen molar-refractivity contribution in [2.75, 3.05) is 5.32 Å². The van der Waals surface area contributed by atoms with E-state index in [2.05, 4.69) is 11.9 Å². The summed E-state index contributed by atoms with van der Waals surface area (Å²) in [6.45, 7) is 3.71. The van der Waals surface area contributed by atoms with Gasteiger partial charge in [0.2, 0.25) is 0 Å². The topological polar surface area (TPSA) is 12.0 Å². The average Bonchev–Trinajstić information content (AvgIpc) is 2.40. The van der Waals surface area contributed by atoms with Crippen LogP contribution >= 0.6 is 23.4 Å². The van der Waals surface area contributed by atoms with Gasteiger partial charge >= 0.3 is 0 Å². The van der Waals surface area contributed by atoms with Crippen LogP contribution in [0.3, 0.4) is 0 Å². The first-order valence-electron chi connectivity index (χ1n) is 5.73. The summed E-state index contributed by atoms with van der Waals surface area (Å²) < 4.78 is 13.3. The molecular weight excluding hydrogens is 281 g/mol.